The van der Waals surface area contributed by atoms with Crippen LogP contribution in [0.1, 0.15) is 17.2 Å². The number of amides is 1. The van der Waals surface area contributed by atoms with E-state index in [1.165, 1.54) is 25.4 Å². The number of ether oxygens (including phenoxy) is 1. The van der Waals surface area contributed by atoms with Crippen LogP contribution in [0.5, 0.6) is 0 Å². The summed E-state index contributed by atoms with van der Waals surface area (Å²) in [5.74, 6) is -0.575. The van der Waals surface area contributed by atoms with Gasteiger partial charge in [0, 0.05) is 12.5 Å². The van der Waals surface area contributed by atoms with Crippen molar-refractivity contribution in [1.82, 2.24) is 15.1 Å². The smallest absolute Gasteiger partial charge is 0.382 e. The zero-order valence-corrected chi connectivity index (χ0v) is 15.4. The molecule has 0 aliphatic rings. The van der Waals surface area contributed by atoms with Crippen LogP contribution in [0, 0.1) is 0 Å². The molecular formula is C20H18F3N3O3. The van der Waals surface area contributed by atoms with E-state index in [1.807, 2.05) is 0 Å². The van der Waals surface area contributed by atoms with Gasteiger partial charge in [0.25, 0.3) is 5.56 Å². The van der Waals surface area contributed by atoms with Crippen LogP contribution < -0.4 is 10.9 Å². The second kappa shape index (κ2) is 8.44. The first-order valence-corrected chi connectivity index (χ1v) is 8.70. The van der Waals surface area contributed by atoms with Gasteiger partial charge in [-0.05, 0) is 23.8 Å². The van der Waals surface area contributed by atoms with Gasteiger partial charge in [-0.1, -0.05) is 30.3 Å². The van der Waals surface area contributed by atoms with Crippen molar-refractivity contribution in [3.05, 3.63) is 76.2 Å². The van der Waals surface area contributed by atoms with E-state index in [4.69, 9.17) is 4.74 Å². The monoisotopic (exact) mass is 405 g/mol. The molecule has 0 aliphatic heterocycles. The Bertz CT molecular complexity index is 1080. The second-order valence-electron chi connectivity index (χ2n) is 6.39. The lowest BCUT2D eigenvalue weighted by Crippen LogP contribution is -2.37. The average molecular weight is 405 g/mol. The predicted molar refractivity (Wildman–Crippen MR) is 100 cm³/mol. The molecule has 29 heavy (non-hydrogen) atoms. The zero-order valence-electron chi connectivity index (χ0n) is 15.4. The summed E-state index contributed by atoms with van der Waals surface area (Å²) in [6.07, 6.45) is -3.02. The van der Waals surface area contributed by atoms with E-state index < -0.39 is 29.2 Å². The predicted octanol–water partition coefficient (Wildman–Crippen LogP) is 2.92. The van der Waals surface area contributed by atoms with Crippen LogP contribution in [0.4, 0.5) is 13.2 Å². The topological polar surface area (TPSA) is 73.2 Å². The molecule has 1 atom stereocenters. The Kier molecular flexibility index (Phi) is 5.97. The van der Waals surface area contributed by atoms with Crippen LogP contribution in [0.15, 0.2) is 59.5 Å². The fourth-order valence-corrected chi connectivity index (χ4v) is 2.94. The number of nitrogens with zero attached hydrogens (tertiary/aromatic N) is 2. The van der Waals surface area contributed by atoms with E-state index in [0.717, 1.165) is 16.8 Å². The van der Waals surface area contributed by atoms with Crippen molar-refractivity contribution < 1.29 is 22.7 Å². The second-order valence-corrected chi connectivity index (χ2v) is 6.39. The zero-order chi connectivity index (χ0) is 21.0. The largest absolute Gasteiger partial charge is 0.416 e. The molecule has 0 aliphatic carbocycles. The third-order valence-corrected chi connectivity index (χ3v) is 4.34. The van der Waals surface area contributed by atoms with Gasteiger partial charge in [-0.25, -0.2) is 4.68 Å². The van der Waals surface area contributed by atoms with Gasteiger partial charge < -0.3 is 10.1 Å². The van der Waals surface area contributed by atoms with Gasteiger partial charge in [-0.2, -0.15) is 18.3 Å². The minimum Gasteiger partial charge on any atom is -0.382 e. The van der Waals surface area contributed by atoms with Gasteiger partial charge in [0.1, 0.15) is 6.54 Å². The molecule has 0 bridgehead atoms. The number of fused-ring (bicyclic) bond motifs is 1. The Morgan fingerprint density at radius 3 is 2.69 bits per heavy atom. The van der Waals surface area contributed by atoms with Gasteiger partial charge in [-0.15, -0.1) is 0 Å². The molecule has 0 saturated carbocycles. The Hall–Kier alpha value is -3.20. The lowest BCUT2D eigenvalue weighted by molar-refractivity contribution is -0.137. The summed E-state index contributed by atoms with van der Waals surface area (Å²) >= 11 is 0. The maximum Gasteiger partial charge on any atom is 0.416 e. The summed E-state index contributed by atoms with van der Waals surface area (Å²) in [6, 6.07) is 10.7. The minimum atomic E-state index is -4.50. The van der Waals surface area contributed by atoms with Gasteiger partial charge in [0.05, 0.1) is 29.8 Å². The molecule has 2 aromatic carbocycles. The first-order valence-electron chi connectivity index (χ1n) is 8.70. The normalized spacial score (nSPS) is 12.7. The van der Waals surface area contributed by atoms with Crippen molar-refractivity contribution in [2.45, 2.75) is 18.8 Å². The lowest BCUT2D eigenvalue weighted by Gasteiger charge is -2.20. The Balaban J connectivity index is 1.80. The molecule has 3 aromatic rings. The van der Waals surface area contributed by atoms with Crippen LogP contribution in [-0.2, 0) is 22.3 Å². The summed E-state index contributed by atoms with van der Waals surface area (Å²) in [5.41, 5.74) is -1.01. The summed E-state index contributed by atoms with van der Waals surface area (Å²) in [7, 11) is 1.38. The molecule has 6 nitrogen and oxygen atoms in total. The maximum atomic E-state index is 13.0. The maximum absolute atomic E-state index is 13.0. The summed E-state index contributed by atoms with van der Waals surface area (Å²) in [6.45, 7) is -0.407. The summed E-state index contributed by atoms with van der Waals surface area (Å²) < 4.78 is 45.0. The lowest BCUT2D eigenvalue weighted by atomic mass is 10.0. The molecule has 1 aromatic heterocycles. The number of nitrogens with one attached hydrogen (secondary N) is 1. The van der Waals surface area contributed by atoms with Crippen LogP contribution in [0.25, 0.3) is 10.8 Å². The number of carbonyl (C=O) groups is 1. The quantitative estimate of drug-likeness (QED) is 0.685. The van der Waals surface area contributed by atoms with Crippen LogP contribution >= 0.6 is 0 Å². The summed E-state index contributed by atoms with van der Waals surface area (Å²) in [5, 5.41) is 7.65. The highest BCUT2D eigenvalue weighted by Gasteiger charge is 2.31. The first kappa shape index (κ1) is 20.5. The molecular weight excluding hydrogens is 387 g/mol. The van der Waals surface area contributed by atoms with Crippen molar-refractivity contribution in [2.24, 2.45) is 0 Å². The molecule has 0 fully saturated rings. The number of alkyl halides is 3. The summed E-state index contributed by atoms with van der Waals surface area (Å²) in [4.78, 5) is 24.9. The molecule has 0 radical (unpaired) electrons. The van der Waals surface area contributed by atoms with Gasteiger partial charge in [0.2, 0.25) is 5.91 Å². The van der Waals surface area contributed by atoms with E-state index in [9.17, 15) is 22.8 Å². The standard InChI is InChI=1S/C20H18F3N3O3/c1-29-12-17(13-6-4-7-15(9-13)20(21,22)23)25-18(27)11-26-19(28)16-8-3-2-5-14(16)10-24-26/h2-10,17H,11-12H2,1H3,(H,25,27). The van der Waals surface area contributed by atoms with Crippen molar-refractivity contribution in [3.63, 3.8) is 0 Å². The molecule has 1 heterocycles. The van der Waals surface area contributed by atoms with E-state index in [1.54, 1.807) is 24.3 Å². The minimum absolute atomic E-state index is 0.0346. The molecule has 0 saturated heterocycles. The Morgan fingerprint density at radius 2 is 1.97 bits per heavy atom. The number of rotatable bonds is 6. The van der Waals surface area contributed by atoms with Crippen molar-refractivity contribution in [3.8, 4) is 0 Å². The number of halogens is 3. The van der Waals surface area contributed by atoms with E-state index in [0.29, 0.717) is 10.8 Å². The van der Waals surface area contributed by atoms with Crippen LogP contribution in [-0.4, -0.2) is 29.4 Å². The van der Waals surface area contributed by atoms with Gasteiger partial charge in [0.15, 0.2) is 0 Å². The number of hydrogen-bond acceptors (Lipinski definition) is 4. The highest BCUT2D eigenvalue weighted by atomic mass is 19.4. The van der Waals surface area contributed by atoms with E-state index in [-0.39, 0.29) is 18.7 Å². The van der Waals surface area contributed by atoms with E-state index >= 15 is 0 Å². The van der Waals surface area contributed by atoms with Crippen LogP contribution in [0.2, 0.25) is 0 Å². The number of aromatic nitrogens is 2. The first-order chi connectivity index (χ1) is 13.8. The Labute approximate surface area is 163 Å². The van der Waals surface area contributed by atoms with Crippen LogP contribution in [0.3, 0.4) is 0 Å². The SMILES string of the molecule is COCC(NC(=O)Cn1ncc2ccccc2c1=O)c1cccc(C(F)(F)F)c1. The van der Waals surface area contributed by atoms with Crippen molar-refractivity contribution >= 4 is 16.7 Å². The fraction of sp³-hybridized carbons (Fsp3) is 0.250. The highest BCUT2D eigenvalue weighted by Crippen LogP contribution is 2.30. The number of carbonyl (C=O) groups excluding carboxylic acids is 1. The van der Waals surface area contributed by atoms with Gasteiger partial charge in [-0.3, -0.25) is 9.59 Å². The molecule has 1 unspecified atom stereocenters. The highest BCUT2D eigenvalue weighted by molar-refractivity contribution is 5.81. The molecule has 1 amide bonds. The van der Waals surface area contributed by atoms with Gasteiger partial charge >= 0.3 is 6.18 Å². The molecule has 1 N–H and O–H groups in total. The Morgan fingerprint density at radius 1 is 1.21 bits per heavy atom. The molecule has 9 heteroatoms. The average Bonchev–Trinajstić information content (AvgIpc) is 2.69. The third kappa shape index (κ3) is 4.80. The number of methoxy groups -OCH3 is 1. The molecule has 152 valence electrons. The molecule has 3 rings (SSSR count). The van der Waals surface area contributed by atoms with Crippen molar-refractivity contribution in [2.75, 3.05) is 13.7 Å². The third-order valence-electron chi connectivity index (χ3n) is 4.34. The number of benzene rings is 2. The van der Waals surface area contributed by atoms with Crippen molar-refractivity contribution in [1.29, 1.82) is 0 Å². The van der Waals surface area contributed by atoms with E-state index in [2.05, 4.69) is 10.4 Å². The number of hydrogen-bond donors (Lipinski definition) is 1. The molecule has 0 spiro atoms. The fourth-order valence-electron chi connectivity index (χ4n) is 2.94.